The first-order chi connectivity index (χ1) is 8.26. The fraction of sp³-hybridized carbons (Fsp3) is 0.929. The number of rotatable bonds is 4. The fourth-order valence-electron chi connectivity index (χ4n) is 2.57. The molecule has 1 aliphatic rings. The Hall–Kier alpha value is -0.610. The Kier molecular flexibility index (Phi) is 5.17. The van der Waals surface area contributed by atoms with E-state index in [0.29, 0.717) is 5.92 Å². The molecule has 18 heavy (non-hydrogen) atoms. The zero-order valence-corrected chi connectivity index (χ0v) is 12.1. The zero-order chi connectivity index (χ0) is 13.8. The molecule has 0 heterocycles. The lowest BCUT2D eigenvalue weighted by atomic mass is 9.77. The summed E-state index contributed by atoms with van der Waals surface area (Å²) >= 11 is 0. The number of carbonyl (C=O) groups excluding carboxylic acids is 1. The third-order valence-corrected chi connectivity index (χ3v) is 3.43. The van der Waals surface area contributed by atoms with Gasteiger partial charge in [-0.2, -0.15) is 0 Å². The molecule has 2 N–H and O–H groups in total. The van der Waals surface area contributed by atoms with Crippen molar-refractivity contribution in [3.8, 4) is 0 Å². The largest absolute Gasteiger partial charge is 0.394 e. The van der Waals surface area contributed by atoms with Crippen LogP contribution in [-0.4, -0.2) is 35.4 Å². The summed E-state index contributed by atoms with van der Waals surface area (Å²) in [6.07, 6.45) is 3.94. The highest BCUT2D eigenvalue weighted by Crippen LogP contribution is 2.31. The van der Waals surface area contributed by atoms with Gasteiger partial charge in [-0.25, -0.2) is 0 Å². The standard InChI is InChI=1S/C14H27NO3/c1-11-6-5-7-14(8-11,10-16)15-12(17)9-18-13(2,3)4/h11,16H,5-10H2,1-4H3,(H,15,17). The number of ether oxygens (including phenoxy) is 1. The lowest BCUT2D eigenvalue weighted by Gasteiger charge is -2.39. The van der Waals surface area contributed by atoms with Crippen LogP contribution in [0.5, 0.6) is 0 Å². The van der Waals surface area contributed by atoms with Crippen molar-refractivity contribution in [2.24, 2.45) is 5.92 Å². The molecule has 0 aliphatic heterocycles. The van der Waals surface area contributed by atoms with Gasteiger partial charge in [0.15, 0.2) is 0 Å². The van der Waals surface area contributed by atoms with Gasteiger partial charge in [0.05, 0.1) is 17.7 Å². The van der Waals surface area contributed by atoms with Crippen LogP contribution >= 0.6 is 0 Å². The van der Waals surface area contributed by atoms with E-state index in [4.69, 9.17) is 4.74 Å². The average molecular weight is 257 g/mol. The summed E-state index contributed by atoms with van der Waals surface area (Å²) in [7, 11) is 0. The minimum atomic E-state index is -0.435. The van der Waals surface area contributed by atoms with E-state index in [1.807, 2.05) is 20.8 Å². The SMILES string of the molecule is CC1CCCC(CO)(NC(=O)COC(C)(C)C)C1. The first-order valence-electron chi connectivity index (χ1n) is 6.82. The summed E-state index contributed by atoms with van der Waals surface area (Å²) in [5.74, 6) is 0.419. The molecule has 0 bridgehead atoms. The Bertz CT molecular complexity index is 285. The number of aliphatic hydroxyl groups excluding tert-OH is 1. The van der Waals surface area contributed by atoms with Gasteiger partial charge in [-0.05, 0) is 39.5 Å². The molecule has 2 atom stereocenters. The first-order valence-corrected chi connectivity index (χ1v) is 6.82. The van der Waals surface area contributed by atoms with Gasteiger partial charge in [0.25, 0.3) is 0 Å². The molecule has 0 radical (unpaired) electrons. The Balaban J connectivity index is 2.49. The van der Waals surface area contributed by atoms with E-state index < -0.39 is 5.54 Å². The van der Waals surface area contributed by atoms with Crippen LogP contribution in [0.15, 0.2) is 0 Å². The number of aliphatic hydroxyl groups is 1. The molecule has 1 fully saturated rings. The highest BCUT2D eigenvalue weighted by molar-refractivity contribution is 5.78. The highest BCUT2D eigenvalue weighted by atomic mass is 16.5. The molecular formula is C14H27NO3. The van der Waals surface area contributed by atoms with Crippen molar-refractivity contribution in [3.63, 3.8) is 0 Å². The van der Waals surface area contributed by atoms with Gasteiger partial charge in [0.2, 0.25) is 5.91 Å². The summed E-state index contributed by atoms with van der Waals surface area (Å²) < 4.78 is 5.46. The van der Waals surface area contributed by atoms with Gasteiger partial charge in [-0.15, -0.1) is 0 Å². The van der Waals surface area contributed by atoms with E-state index in [9.17, 15) is 9.90 Å². The molecular weight excluding hydrogens is 230 g/mol. The van der Waals surface area contributed by atoms with Crippen molar-refractivity contribution in [1.29, 1.82) is 0 Å². The monoisotopic (exact) mass is 257 g/mol. The quantitative estimate of drug-likeness (QED) is 0.808. The maximum atomic E-state index is 11.9. The molecule has 0 aromatic rings. The third-order valence-electron chi connectivity index (χ3n) is 3.43. The second-order valence-electron chi connectivity index (χ2n) is 6.59. The van der Waals surface area contributed by atoms with Gasteiger partial charge in [0, 0.05) is 0 Å². The van der Waals surface area contributed by atoms with E-state index >= 15 is 0 Å². The molecule has 1 saturated carbocycles. The predicted molar refractivity (Wildman–Crippen MR) is 71.3 cm³/mol. The predicted octanol–water partition coefficient (Wildman–Crippen LogP) is 1.86. The van der Waals surface area contributed by atoms with Gasteiger partial charge in [-0.1, -0.05) is 19.8 Å². The molecule has 4 heteroatoms. The van der Waals surface area contributed by atoms with Crippen molar-refractivity contribution in [2.45, 2.75) is 64.5 Å². The minimum absolute atomic E-state index is 0.0125. The molecule has 0 spiro atoms. The second-order valence-corrected chi connectivity index (χ2v) is 6.59. The maximum absolute atomic E-state index is 11.9. The van der Waals surface area contributed by atoms with Crippen LogP contribution in [0.3, 0.4) is 0 Å². The third kappa shape index (κ3) is 4.94. The van der Waals surface area contributed by atoms with Crippen LogP contribution in [0.2, 0.25) is 0 Å². The average Bonchev–Trinajstić information content (AvgIpc) is 2.25. The van der Waals surface area contributed by atoms with Crippen LogP contribution in [0.25, 0.3) is 0 Å². The van der Waals surface area contributed by atoms with E-state index in [0.717, 1.165) is 19.3 Å². The summed E-state index contributed by atoms with van der Waals surface area (Å²) in [6, 6.07) is 0. The molecule has 0 aromatic heterocycles. The van der Waals surface area contributed by atoms with Crippen LogP contribution in [0, 0.1) is 5.92 Å². The van der Waals surface area contributed by atoms with E-state index in [-0.39, 0.29) is 24.7 Å². The lowest BCUT2D eigenvalue weighted by molar-refractivity contribution is -0.133. The summed E-state index contributed by atoms with van der Waals surface area (Å²) in [6.45, 7) is 8.00. The Morgan fingerprint density at radius 2 is 2.17 bits per heavy atom. The van der Waals surface area contributed by atoms with E-state index in [1.54, 1.807) is 0 Å². The second kappa shape index (κ2) is 6.02. The van der Waals surface area contributed by atoms with Crippen LogP contribution in [-0.2, 0) is 9.53 Å². The van der Waals surface area contributed by atoms with Crippen molar-refractivity contribution in [2.75, 3.05) is 13.2 Å². The molecule has 1 aliphatic carbocycles. The normalized spacial score (nSPS) is 29.1. The van der Waals surface area contributed by atoms with Crippen molar-refractivity contribution < 1.29 is 14.6 Å². The summed E-state index contributed by atoms with van der Waals surface area (Å²) in [5, 5.41) is 12.6. The number of hydrogen-bond donors (Lipinski definition) is 2. The Labute approximate surface area is 110 Å². The van der Waals surface area contributed by atoms with Crippen molar-refractivity contribution >= 4 is 5.91 Å². The van der Waals surface area contributed by atoms with E-state index in [2.05, 4.69) is 12.2 Å². The molecule has 1 amide bonds. The summed E-state index contributed by atoms with van der Waals surface area (Å²) in [5.41, 5.74) is -0.750. The maximum Gasteiger partial charge on any atom is 0.246 e. The molecule has 1 rings (SSSR count). The number of carbonyl (C=O) groups is 1. The lowest BCUT2D eigenvalue weighted by Crippen LogP contribution is -2.55. The number of hydrogen-bond acceptors (Lipinski definition) is 3. The fourth-order valence-corrected chi connectivity index (χ4v) is 2.57. The number of amides is 1. The Morgan fingerprint density at radius 1 is 1.50 bits per heavy atom. The van der Waals surface area contributed by atoms with Gasteiger partial charge in [-0.3, -0.25) is 4.79 Å². The number of nitrogens with one attached hydrogen (secondary N) is 1. The Morgan fingerprint density at radius 3 is 2.67 bits per heavy atom. The molecule has 4 nitrogen and oxygen atoms in total. The van der Waals surface area contributed by atoms with Crippen molar-refractivity contribution in [3.05, 3.63) is 0 Å². The van der Waals surface area contributed by atoms with Gasteiger partial charge in [0.1, 0.15) is 6.61 Å². The molecule has 106 valence electrons. The molecule has 2 unspecified atom stereocenters. The molecule has 0 saturated heterocycles. The van der Waals surface area contributed by atoms with Crippen LogP contribution < -0.4 is 5.32 Å². The minimum Gasteiger partial charge on any atom is -0.394 e. The molecule has 0 aromatic carbocycles. The highest BCUT2D eigenvalue weighted by Gasteiger charge is 2.35. The first kappa shape index (κ1) is 15.4. The topological polar surface area (TPSA) is 58.6 Å². The van der Waals surface area contributed by atoms with Crippen LogP contribution in [0.4, 0.5) is 0 Å². The van der Waals surface area contributed by atoms with Gasteiger partial charge < -0.3 is 15.2 Å². The van der Waals surface area contributed by atoms with Crippen molar-refractivity contribution in [1.82, 2.24) is 5.32 Å². The van der Waals surface area contributed by atoms with Gasteiger partial charge >= 0.3 is 0 Å². The smallest absolute Gasteiger partial charge is 0.246 e. The van der Waals surface area contributed by atoms with E-state index in [1.165, 1.54) is 6.42 Å². The van der Waals surface area contributed by atoms with Crippen LogP contribution in [0.1, 0.15) is 53.4 Å². The summed E-state index contributed by atoms with van der Waals surface area (Å²) in [4.78, 5) is 11.9. The zero-order valence-electron chi connectivity index (χ0n) is 12.1.